The predicted octanol–water partition coefficient (Wildman–Crippen LogP) is 5.10. The summed E-state index contributed by atoms with van der Waals surface area (Å²) in [5.41, 5.74) is 0.549. The first kappa shape index (κ1) is 20.6. The van der Waals surface area contributed by atoms with E-state index in [1.807, 2.05) is 17.5 Å². The van der Waals surface area contributed by atoms with Crippen LogP contribution in [-0.4, -0.2) is 24.2 Å². The molecule has 2 heterocycles. The summed E-state index contributed by atoms with van der Waals surface area (Å²) in [7, 11) is -1.82. The van der Waals surface area contributed by atoms with E-state index in [0.29, 0.717) is 10.6 Å². The monoisotopic (exact) mass is 409 g/mol. The number of nitrogens with one attached hydrogen (secondary N) is 1. The van der Waals surface area contributed by atoms with Crippen LogP contribution in [0, 0.1) is 0 Å². The Kier molecular flexibility index (Phi) is 7.49. The van der Waals surface area contributed by atoms with Crippen molar-refractivity contribution in [3.8, 4) is 10.6 Å². The molecule has 0 saturated heterocycles. The van der Waals surface area contributed by atoms with Gasteiger partial charge in [-0.05, 0) is 24.3 Å². The van der Waals surface area contributed by atoms with E-state index in [4.69, 9.17) is 0 Å². The summed E-state index contributed by atoms with van der Waals surface area (Å²) in [6.07, 6.45) is 14.6. The van der Waals surface area contributed by atoms with Gasteiger partial charge in [0.15, 0.2) is 0 Å². The molecular weight excluding hydrogens is 378 g/mol. The third-order valence-corrected chi connectivity index (χ3v) is 7.66. The van der Waals surface area contributed by atoms with Gasteiger partial charge in [-0.15, -0.1) is 11.3 Å². The zero-order valence-corrected chi connectivity index (χ0v) is 17.8. The van der Waals surface area contributed by atoms with Crippen molar-refractivity contribution >= 4 is 21.4 Å². The lowest BCUT2D eigenvalue weighted by atomic mass is 9.98. The Morgan fingerprint density at radius 1 is 1.04 bits per heavy atom. The molecule has 1 aliphatic carbocycles. The average Bonchev–Trinajstić information content (AvgIpc) is 3.26. The molecule has 0 atom stereocenters. The maximum Gasteiger partial charge on any atom is 0.244 e. The number of thiophene rings is 1. The van der Waals surface area contributed by atoms with Gasteiger partial charge in [-0.3, -0.25) is 4.68 Å². The molecular formula is C20H31N3O2S2. The zero-order valence-electron chi connectivity index (χ0n) is 16.2. The quantitative estimate of drug-likeness (QED) is 0.764. The maximum absolute atomic E-state index is 13.1. The van der Waals surface area contributed by atoms with Gasteiger partial charge in [0.2, 0.25) is 10.0 Å². The van der Waals surface area contributed by atoms with Crippen LogP contribution in [0.15, 0.2) is 28.6 Å². The standard InChI is InChI=1S/C20H31N3O2S2/c1-23-16-19(20(21-23)18-14-11-15-26-18)27(24,25)22-17-12-9-7-5-3-2-4-6-8-10-13-17/h11,14-17,22H,2-10,12-13H2,1H3. The van der Waals surface area contributed by atoms with Gasteiger partial charge in [0, 0.05) is 19.3 Å². The van der Waals surface area contributed by atoms with Gasteiger partial charge >= 0.3 is 0 Å². The average molecular weight is 410 g/mol. The topological polar surface area (TPSA) is 64.0 Å². The second-order valence-corrected chi connectivity index (χ2v) is 10.2. The van der Waals surface area contributed by atoms with Crippen LogP contribution in [-0.2, 0) is 17.1 Å². The molecule has 2 aromatic rings. The molecule has 0 aromatic carbocycles. The number of aromatic nitrogens is 2. The summed E-state index contributed by atoms with van der Waals surface area (Å²) in [5.74, 6) is 0. The Hall–Kier alpha value is -1.18. The normalized spacial score (nSPS) is 18.7. The van der Waals surface area contributed by atoms with Gasteiger partial charge in [-0.25, -0.2) is 13.1 Å². The van der Waals surface area contributed by atoms with E-state index in [-0.39, 0.29) is 6.04 Å². The Morgan fingerprint density at radius 2 is 1.63 bits per heavy atom. The fourth-order valence-electron chi connectivity index (χ4n) is 3.81. The molecule has 1 saturated carbocycles. The number of aryl methyl sites for hydroxylation is 1. The van der Waals surface area contributed by atoms with Gasteiger partial charge in [-0.2, -0.15) is 5.10 Å². The van der Waals surface area contributed by atoms with E-state index < -0.39 is 10.0 Å². The molecule has 0 unspecified atom stereocenters. The highest BCUT2D eigenvalue weighted by Crippen LogP contribution is 2.30. The van der Waals surface area contributed by atoms with Crippen LogP contribution in [0.25, 0.3) is 10.6 Å². The molecule has 1 N–H and O–H groups in total. The van der Waals surface area contributed by atoms with Gasteiger partial charge < -0.3 is 0 Å². The second-order valence-electron chi connectivity index (χ2n) is 7.57. The summed E-state index contributed by atoms with van der Waals surface area (Å²) >= 11 is 1.51. The number of hydrogen-bond donors (Lipinski definition) is 1. The van der Waals surface area contributed by atoms with Gasteiger partial charge in [0.1, 0.15) is 10.6 Å². The summed E-state index contributed by atoms with van der Waals surface area (Å²) in [5, 5.41) is 6.35. The van der Waals surface area contributed by atoms with Crippen LogP contribution in [0.1, 0.15) is 70.6 Å². The van der Waals surface area contributed by atoms with Crippen LogP contribution in [0.2, 0.25) is 0 Å². The van der Waals surface area contributed by atoms with Crippen LogP contribution >= 0.6 is 11.3 Å². The molecule has 0 spiro atoms. The van der Waals surface area contributed by atoms with Crippen molar-refractivity contribution in [1.29, 1.82) is 0 Å². The van der Waals surface area contributed by atoms with Crippen LogP contribution < -0.4 is 4.72 Å². The number of sulfonamides is 1. The third-order valence-electron chi connectivity index (χ3n) is 5.27. The summed E-state index contributed by atoms with van der Waals surface area (Å²) in [6, 6.07) is 3.86. The van der Waals surface area contributed by atoms with E-state index in [1.165, 1.54) is 56.3 Å². The fraction of sp³-hybridized carbons (Fsp3) is 0.650. The van der Waals surface area contributed by atoms with Crippen molar-refractivity contribution in [3.05, 3.63) is 23.7 Å². The molecule has 7 heteroatoms. The van der Waals surface area contributed by atoms with Crippen molar-refractivity contribution < 1.29 is 8.42 Å². The number of rotatable bonds is 4. The molecule has 0 bridgehead atoms. The van der Waals surface area contributed by atoms with Crippen molar-refractivity contribution in [2.45, 2.75) is 81.6 Å². The summed E-state index contributed by atoms with van der Waals surface area (Å²) in [6.45, 7) is 0. The van der Waals surface area contributed by atoms with Gasteiger partial charge in [-0.1, -0.05) is 63.9 Å². The minimum atomic E-state index is -3.59. The van der Waals surface area contributed by atoms with E-state index in [1.54, 1.807) is 17.9 Å². The lowest BCUT2D eigenvalue weighted by molar-refractivity contribution is 0.440. The minimum Gasteiger partial charge on any atom is -0.274 e. The lowest BCUT2D eigenvalue weighted by Crippen LogP contribution is -2.35. The van der Waals surface area contributed by atoms with Crippen LogP contribution in [0.5, 0.6) is 0 Å². The van der Waals surface area contributed by atoms with Gasteiger partial charge in [0.05, 0.1) is 4.88 Å². The highest BCUT2D eigenvalue weighted by Gasteiger charge is 2.26. The SMILES string of the molecule is Cn1cc(S(=O)(=O)NC2CCCCCCCCCCC2)c(-c2cccs2)n1. The van der Waals surface area contributed by atoms with Gasteiger partial charge in [0.25, 0.3) is 0 Å². The largest absolute Gasteiger partial charge is 0.274 e. The highest BCUT2D eigenvalue weighted by molar-refractivity contribution is 7.89. The summed E-state index contributed by atoms with van der Waals surface area (Å²) < 4.78 is 30.9. The summed E-state index contributed by atoms with van der Waals surface area (Å²) in [4.78, 5) is 1.17. The predicted molar refractivity (Wildman–Crippen MR) is 111 cm³/mol. The Labute approximate surface area is 167 Å². The molecule has 0 radical (unpaired) electrons. The molecule has 0 aliphatic heterocycles. The third kappa shape index (κ3) is 5.90. The van der Waals surface area contributed by atoms with E-state index >= 15 is 0 Å². The Morgan fingerprint density at radius 3 is 2.19 bits per heavy atom. The molecule has 27 heavy (non-hydrogen) atoms. The minimum absolute atomic E-state index is 0.0193. The Bertz CT molecular complexity index is 785. The number of nitrogens with zero attached hydrogens (tertiary/aromatic N) is 2. The van der Waals surface area contributed by atoms with Crippen molar-refractivity contribution in [1.82, 2.24) is 14.5 Å². The van der Waals surface area contributed by atoms with Crippen LogP contribution in [0.3, 0.4) is 0 Å². The molecule has 2 aromatic heterocycles. The highest BCUT2D eigenvalue weighted by atomic mass is 32.2. The van der Waals surface area contributed by atoms with Crippen molar-refractivity contribution in [2.24, 2.45) is 7.05 Å². The first-order valence-corrected chi connectivity index (χ1v) is 12.5. The molecule has 1 fully saturated rings. The van der Waals surface area contributed by atoms with Crippen LogP contribution in [0.4, 0.5) is 0 Å². The smallest absolute Gasteiger partial charge is 0.244 e. The Balaban J connectivity index is 1.74. The number of hydrogen-bond acceptors (Lipinski definition) is 4. The second kappa shape index (κ2) is 9.85. The van der Waals surface area contributed by atoms with E-state index in [0.717, 1.165) is 30.6 Å². The molecule has 5 nitrogen and oxygen atoms in total. The van der Waals surface area contributed by atoms with E-state index in [9.17, 15) is 8.42 Å². The first-order chi connectivity index (χ1) is 13.1. The molecule has 1 aliphatic rings. The van der Waals surface area contributed by atoms with Crippen molar-refractivity contribution in [2.75, 3.05) is 0 Å². The molecule has 3 rings (SSSR count). The van der Waals surface area contributed by atoms with Crippen molar-refractivity contribution in [3.63, 3.8) is 0 Å². The molecule has 150 valence electrons. The maximum atomic E-state index is 13.1. The fourth-order valence-corrected chi connectivity index (χ4v) is 6.10. The molecule has 0 amide bonds. The zero-order chi connectivity index (χ0) is 19.1. The first-order valence-electron chi connectivity index (χ1n) is 10.2. The lowest BCUT2D eigenvalue weighted by Gasteiger charge is -2.19. The van der Waals surface area contributed by atoms with E-state index in [2.05, 4.69) is 9.82 Å².